The molecule has 21 heavy (non-hydrogen) atoms. The predicted octanol–water partition coefficient (Wildman–Crippen LogP) is 3.35. The van der Waals surface area contributed by atoms with Crippen molar-refractivity contribution in [2.45, 2.75) is 38.6 Å². The molecule has 2 saturated carbocycles. The molecule has 2 bridgehead atoms. The van der Waals surface area contributed by atoms with Gasteiger partial charge in [-0.15, -0.1) is 5.10 Å². The summed E-state index contributed by atoms with van der Waals surface area (Å²) in [5.74, 6) is 2.45. The van der Waals surface area contributed by atoms with E-state index in [1.54, 1.807) is 0 Å². The average Bonchev–Trinajstić information content (AvgIpc) is 3.17. The Kier molecular flexibility index (Phi) is 3.03. The van der Waals surface area contributed by atoms with Crippen molar-refractivity contribution < 1.29 is 0 Å². The lowest BCUT2D eigenvalue weighted by molar-refractivity contribution is 0.304. The Morgan fingerprint density at radius 1 is 1.29 bits per heavy atom. The molecule has 0 amide bonds. The molecule has 1 aromatic carbocycles. The van der Waals surface area contributed by atoms with Crippen LogP contribution in [0.1, 0.15) is 37.3 Å². The molecule has 2 aliphatic rings. The van der Waals surface area contributed by atoms with Gasteiger partial charge in [-0.3, -0.25) is 0 Å². The molecule has 3 atom stereocenters. The molecule has 110 valence electrons. The molecule has 0 aliphatic heterocycles. The number of halogens is 1. The number of fused-ring (bicyclic) bond motifs is 2. The van der Waals surface area contributed by atoms with E-state index in [9.17, 15) is 0 Å². The molecule has 3 unspecified atom stereocenters. The Balaban J connectivity index is 1.79. The average molecular weight is 348 g/mol. The van der Waals surface area contributed by atoms with E-state index < -0.39 is 0 Å². The Labute approximate surface area is 132 Å². The smallest absolute Gasteiger partial charge is 0.182 e. The fourth-order valence-electron chi connectivity index (χ4n) is 4.04. The highest BCUT2D eigenvalue weighted by Gasteiger charge is 2.42. The second kappa shape index (κ2) is 4.80. The van der Waals surface area contributed by atoms with Gasteiger partial charge in [0, 0.05) is 15.7 Å². The third-order valence-corrected chi connectivity index (χ3v) is 5.62. The van der Waals surface area contributed by atoms with Crippen molar-refractivity contribution in [1.82, 2.24) is 20.2 Å². The third kappa shape index (κ3) is 2.08. The van der Waals surface area contributed by atoms with Crippen LogP contribution >= 0.6 is 15.9 Å². The molecule has 0 saturated heterocycles. The third-order valence-electron chi connectivity index (χ3n) is 5.16. The molecule has 0 spiro atoms. The van der Waals surface area contributed by atoms with Gasteiger partial charge in [0.15, 0.2) is 5.82 Å². The van der Waals surface area contributed by atoms with Crippen LogP contribution in [-0.2, 0) is 0 Å². The predicted molar refractivity (Wildman–Crippen MR) is 84.6 cm³/mol. The monoisotopic (exact) mass is 347 g/mol. The van der Waals surface area contributed by atoms with Crippen LogP contribution in [0.15, 0.2) is 16.6 Å². The Morgan fingerprint density at radius 3 is 2.86 bits per heavy atom. The first-order chi connectivity index (χ1) is 10.1. The fraction of sp³-hybridized carbons (Fsp3) is 0.533. The van der Waals surface area contributed by atoms with E-state index in [0.717, 1.165) is 38.9 Å². The second-order valence-corrected chi connectivity index (χ2v) is 7.27. The minimum atomic E-state index is 0.452. The van der Waals surface area contributed by atoms with Gasteiger partial charge in [-0.25, -0.2) is 4.68 Å². The summed E-state index contributed by atoms with van der Waals surface area (Å²) in [6.45, 7) is 2.02. The summed E-state index contributed by atoms with van der Waals surface area (Å²) in [4.78, 5) is 0. The number of nitrogens with two attached hydrogens (primary N) is 1. The van der Waals surface area contributed by atoms with Crippen LogP contribution in [-0.4, -0.2) is 20.2 Å². The molecule has 2 aromatic rings. The highest BCUT2D eigenvalue weighted by Crippen LogP contribution is 2.51. The molecule has 2 fully saturated rings. The first kappa shape index (κ1) is 13.2. The number of benzene rings is 1. The molecule has 4 rings (SSSR count). The highest BCUT2D eigenvalue weighted by molar-refractivity contribution is 9.10. The lowest BCUT2D eigenvalue weighted by Crippen LogP contribution is -2.18. The van der Waals surface area contributed by atoms with Gasteiger partial charge in [0.25, 0.3) is 0 Å². The minimum absolute atomic E-state index is 0.452. The van der Waals surface area contributed by atoms with E-state index in [4.69, 9.17) is 5.73 Å². The number of hydrogen-bond acceptors (Lipinski definition) is 4. The van der Waals surface area contributed by atoms with Crippen LogP contribution in [0.5, 0.6) is 0 Å². The van der Waals surface area contributed by atoms with Gasteiger partial charge in [-0.1, -0.05) is 22.4 Å². The number of nitrogens with zero attached hydrogens (tertiary/aromatic N) is 4. The standard InChI is InChI=1S/C15H18BrN5/c1-8-12(6-11(16)7-13(8)17)15-18-19-20-21(15)14-5-9-2-3-10(14)4-9/h6-7,9-10,14H,2-5,17H2,1H3. The van der Waals surface area contributed by atoms with Crippen LogP contribution in [0.25, 0.3) is 11.4 Å². The molecule has 2 N–H and O–H groups in total. The normalized spacial score (nSPS) is 27.4. The quantitative estimate of drug-likeness (QED) is 0.845. The van der Waals surface area contributed by atoms with Crippen molar-refractivity contribution in [2.75, 3.05) is 5.73 Å². The van der Waals surface area contributed by atoms with Crippen LogP contribution in [0.2, 0.25) is 0 Å². The van der Waals surface area contributed by atoms with Gasteiger partial charge in [0.05, 0.1) is 6.04 Å². The molecule has 2 aliphatic carbocycles. The number of rotatable bonds is 2. The zero-order valence-electron chi connectivity index (χ0n) is 12.0. The maximum Gasteiger partial charge on any atom is 0.182 e. The number of hydrogen-bond donors (Lipinski definition) is 1. The van der Waals surface area contributed by atoms with Gasteiger partial charge in [-0.2, -0.15) is 0 Å². The van der Waals surface area contributed by atoms with Crippen molar-refractivity contribution in [3.63, 3.8) is 0 Å². The van der Waals surface area contributed by atoms with Gasteiger partial charge >= 0.3 is 0 Å². The maximum atomic E-state index is 6.08. The van der Waals surface area contributed by atoms with E-state index >= 15 is 0 Å². The molecular formula is C15H18BrN5. The lowest BCUT2D eigenvalue weighted by Gasteiger charge is -2.23. The highest BCUT2D eigenvalue weighted by atomic mass is 79.9. The maximum absolute atomic E-state index is 6.08. The molecule has 5 nitrogen and oxygen atoms in total. The van der Waals surface area contributed by atoms with Gasteiger partial charge < -0.3 is 5.73 Å². The first-order valence-corrected chi connectivity index (χ1v) is 8.26. The van der Waals surface area contributed by atoms with Crippen molar-refractivity contribution in [3.8, 4) is 11.4 Å². The minimum Gasteiger partial charge on any atom is -0.398 e. The van der Waals surface area contributed by atoms with Crippen LogP contribution in [0.3, 0.4) is 0 Å². The van der Waals surface area contributed by atoms with E-state index in [1.807, 2.05) is 17.7 Å². The van der Waals surface area contributed by atoms with Crippen LogP contribution in [0.4, 0.5) is 5.69 Å². The Hall–Kier alpha value is -1.43. The van der Waals surface area contributed by atoms with E-state index in [0.29, 0.717) is 6.04 Å². The largest absolute Gasteiger partial charge is 0.398 e. The summed E-state index contributed by atoms with van der Waals surface area (Å²) < 4.78 is 3.00. The number of nitrogen functional groups attached to an aromatic ring is 1. The van der Waals surface area contributed by atoms with E-state index in [1.165, 1.54) is 25.7 Å². The molecule has 6 heteroatoms. The summed E-state index contributed by atoms with van der Waals surface area (Å²) in [6.07, 6.45) is 5.24. The first-order valence-electron chi connectivity index (χ1n) is 7.47. The summed E-state index contributed by atoms with van der Waals surface area (Å²) in [6, 6.07) is 4.43. The van der Waals surface area contributed by atoms with Gasteiger partial charge in [0.2, 0.25) is 0 Å². The SMILES string of the molecule is Cc1c(N)cc(Br)cc1-c1nnnn1C1CC2CCC1C2. The van der Waals surface area contributed by atoms with Crippen molar-refractivity contribution in [2.24, 2.45) is 11.8 Å². The van der Waals surface area contributed by atoms with Gasteiger partial charge in [-0.05, 0) is 66.1 Å². The summed E-state index contributed by atoms with van der Waals surface area (Å²) >= 11 is 3.52. The Morgan fingerprint density at radius 2 is 2.14 bits per heavy atom. The van der Waals surface area contributed by atoms with Crippen molar-refractivity contribution in [3.05, 3.63) is 22.2 Å². The lowest BCUT2D eigenvalue weighted by atomic mass is 9.95. The van der Waals surface area contributed by atoms with Crippen molar-refractivity contribution in [1.29, 1.82) is 0 Å². The molecular weight excluding hydrogens is 330 g/mol. The topological polar surface area (TPSA) is 69.6 Å². The van der Waals surface area contributed by atoms with Crippen LogP contribution in [0, 0.1) is 18.8 Å². The molecule has 0 radical (unpaired) electrons. The zero-order valence-corrected chi connectivity index (χ0v) is 13.5. The summed E-state index contributed by atoms with van der Waals surface area (Å²) in [7, 11) is 0. The molecule has 1 heterocycles. The van der Waals surface area contributed by atoms with Gasteiger partial charge in [0.1, 0.15) is 0 Å². The Bertz CT molecular complexity index is 695. The van der Waals surface area contributed by atoms with E-state index in [-0.39, 0.29) is 0 Å². The van der Waals surface area contributed by atoms with Crippen LogP contribution < -0.4 is 5.73 Å². The molecule has 1 aromatic heterocycles. The van der Waals surface area contributed by atoms with E-state index in [2.05, 4.69) is 37.5 Å². The number of aromatic nitrogens is 4. The second-order valence-electron chi connectivity index (χ2n) is 6.36. The van der Waals surface area contributed by atoms with Crippen molar-refractivity contribution >= 4 is 21.6 Å². The summed E-state index contributed by atoms with van der Waals surface area (Å²) in [5, 5.41) is 12.5. The zero-order chi connectivity index (χ0) is 14.6. The number of tetrazole rings is 1. The fourth-order valence-corrected chi connectivity index (χ4v) is 4.51. The summed E-state index contributed by atoms with van der Waals surface area (Å²) in [5.41, 5.74) is 8.91. The number of anilines is 1.